The Labute approximate surface area is 92.0 Å². The number of oxazole rings is 1. The maximum absolute atomic E-state index is 11.0. The van der Waals surface area contributed by atoms with Crippen LogP contribution in [0.3, 0.4) is 0 Å². The Balaban J connectivity index is 2.22. The highest BCUT2D eigenvalue weighted by Crippen LogP contribution is 2.13. The Morgan fingerprint density at radius 2 is 2.38 bits per heavy atom. The van der Waals surface area contributed by atoms with Gasteiger partial charge in [0.25, 0.3) is 0 Å². The van der Waals surface area contributed by atoms with Crippen LogP contribution in [-0.2, 0) is 6.54 Å². The summed E-state index contributed by atoms with van der Waals surface area (Å²) in [5.41, 5.74) is 4.93. The first-order chi connectivity index (χ1) is 7.69. The van der Waals surface area contributed by atoms with Gasteiger partial charge in [0.05, 0.1) is 12.2 Å². The Kier molecular flexibility index (Phi) is 3.04. The van der Waals surface area contributed by atoms with E-state index in [0.29, 0.717) is 17.8 Å². The van der Waals surface area contributed by atoms with Crippen LogP contribution in [0.2, 0.25) is 0 Å². The van der Waals surface area contributed by atoms with Crippen LogP contribution >= 0.6 is 0 Å². The molecule has 1 aromatic heterocycles. The summed E-state index contributed by atoms with van der Waals surface area (Å²) < 4.78 is 4.98. The number of fused-ring (bicyclic) bond motifs is 1. The van der Waals surface area contributed by atoms with Crippen molar-refractivity contribution in [1.82, 2.24) is 15.3 Å². The van der Waals surface area contributed by atoms with E-state index >= 15 is 0 Å². The Morgan fingerprint density at radius 1 is 1.56 bits per heavy atom. The first kappa shape index (κ1) is 10.9. The second-order valence-electron chi connectivity index (χ2n) is 3.72. The number of nitrogens with two attached hydrogens (primary N) is 1. The van der Waals surface area contributed by atoms with Crippen LogP contribution in [0.1, 0.15) is 5.56 Å². The molecule has 0 aliphatic carbocycles. The fourth-order valence-electron chi connectivity index (χ4n) is 1.61. The number of nitrogens with one attached hydrogen (secondary N) is 2. The minimum atomic E-state index is -0.427. The van der Waals surface area contributed by atoms with E-state index in [0.717, 1.165) is 12.1 Å². The van der Waals surface area contributed by atoms with E-state index in [1.807, 2.05) is 30.1 Å². The number of benzene rings is 1. The monoisotopic (exact) mass is 222 g/mol. The highest BCUT2D eigenvalue weighted by Gasteiger charge is 2.04. The lowest BCUT2D eigenvalue weighted by molar-refractivity contribution is 0.301. The van der Waals surface area contributed by atoms with Crippen molar-refractivity contribution in [1.29, 1.82) is 0 Å². The molecule has 0 aliphatic heterocycles. The molecule has 2 aromatic rings. The van der Waals surface area contributed by atoms with Gasteiger partial charge in [-0.15, -0.1) is 0 Å². The van der Waals surface area contributed by atoms with Crippen molar-refractivity contribution in [3.63, 3.8) is 0 Å². The zero-order valence-corrected chi connectivity index (χ0v) is 8.99. The summed E-state index contributed by atoms with van der Waals surface area (Å²) in [5.74, 6) is 4.79. The smallest absolute Gasteiger partial charge is 0.408 e. The molecule has 0 saturated carbocycles. The summed E-state index contributed by atoms with van der Waals surface area (Å²) in [7, 11) is 1.94. The summed E-state index contributed by atoms with van der Waals surface area (Å²) >= 11 is 0. The van der Waals surface area contributed by atoms with Crippen molar-refractivity contribution in [3.05, 3.63) is 34.3 Å². The van der Waals surface area contributed by atoms with Gasteiger partial charge in [0.1, 0.15) is 0 Å². The fourth-order valence-corrected chi connectivity index (χ4v) is 1.61. The lowest BCUT2D eigenvalue weighted by Crippen LogP contribution is -2.34. The van der Waals surface area contributed by atoms with Gasteiger partial charge in [-0.3, -0.25) is 15.7 Å². The number of aromatic nitrogens is 1. The van der Waals surface area contributed by atoms with E-state index in [1.165, 1.54) is 0 Å². The molecular weight excluding hydrogens is 208 g/mol. The third-order valence-electron chi connectivity index (χ3n) is 2.30. The molecule has 0 radical (unpaired) electrons. The number of hydrogen-bond acceptors (Lipinski definition) is 5. The summed E-state index contributed by atoms with van der Waals surface area (Å²) in [6.45, 7) is 1.32. The van der Waals surface area contributed by atoms with E-state index < -0.39 is 5.76 Å². The summed E-state index contributed by atoms with van der Waals surface area (Å²) in [5, 5.41) is 0. The third-order valence-corrected chi connectivity index (χ3v) is 2.30. The average molecular weight is 222 g/mol. The standard InChI is InChI=1S/C10H14N4O2/c1-14(6-12-11)5-7-2-3-8-9(4-7)16-10(15)13-8/h2-4,12H,5-6,11H2,1H3,(H,13,15). The van der Waals surface area contributed by atoms with Crippen molar-refractivity contribution in [2.45, 2.75) is 6.54 Å². The maximum Gasteiger partial charge on any atom is 0.417 e. The molecule has 0 bridgehead atoms. The van der Waals surface area contributed by atoms with Crippen LogP contribution < -0.4 is 17.0 Å². The molecule has 1 aromatic carbocycles. The number of nitrogens with zero attached hydrogens (tertiary/aromatic N) is 1. The molecule has 0 amide bonds. The van der Waals surface area contributed by atoms with Gasteiger partial charge in [-0.1, -0.05) is 6.07 Å². The topological polar surface area (TPSA) is 87.3 Å². The first-order valence-corrected chi connectivity index (χ1v) is 4.93. The minimum absolute atomic E-state index is 0.427. The van der Waals surface area contributed by atoms with Gasteiger partial charge in [-0.2, -0.15) is 0 Å². The van der Waals surface area contributed by atoms with Gasteiger partial charge in [-0.25, -0.2) is 10.2 Å². The highest BCUT2D eigenvalue weighted by molar-refractivity contribution is 5.72. The van der Waals surface area contributed by atoms with Crippen LogP contribution in [0.15, 0.2) is 27.4 Å². The lowest BCUT2D eigenvalue weighted by atomic mass is 10.2. The molecule has 0 saturated heterocycles. The van der Waals surface area contributed by atoms with Crippen LogP contribution in [-0.4, -0.2) is 23.6 Å². The Bertz CT molecular complexity index is 531. The summed E-state index contributed by atoms with van der Waals surface area (Å²) in [6, 6.07) is 5.63. The first-order valence-electron chi connectivity index (χ1n) is 4.93. The van der Waals surface area contributed by atoms with Gasteiger partial charge in [0, 0.05) is 6.54 Å². The zero-order valence-electron chi connectivity index (χ0n) is 8.99. The van der Waals surface area contributed by atoms with Crippen molar-refractivity contribution < 1.29 is 4.42 Å². The van der Waals surface area contributed by atoms with Gasteiger partial charge in [0.15, 0.2) is 5.58 Å². The SMILES string of the molecule is CN(CNN)Cc1ccc2[nH]c(=O)oc2c1. The molecule has 0 fully saturated rings. The number of aromatic amines is 1. The summed E-state index contributed by atoms with van der Waals surface area (Å²) in [4.78, 5) is 15.6. The molecule has 4 N–H and O–H groups in total. The van der Waals surface area contributed by atoms with Gasteiger partial charge >= 0.3 is 5.76 Å². The summed E-state index contributed by atoms with van der Waals surface area (Å²) in [6.07, 6.45) is 0. The fraction of sp³-hybridized carbons (Fsp3) is 0.300. The van der Waals surface area contributed by atoms with Crippen molar-refractivity contribution >= 4 is 11.1 Å². The molecule has 2 rings (SSSR count). The highest BCUT2D eigenvalue weighted by atomic mass is 16.4. The molecule has 0 unspecified atom stereocenters. The molecule has 0 aliphatic rings. The molecule has 86 valence electrons. The number of hydrogen-bond donors (Lipinski definition) is 3. The van der Waals surface area contributed by atoms with Crippen molar-refractivity contribution in [2.24, 2.45) is 5.84 Å². The van der Waals surface area contributed by atoms with Crippen molar-refractivity contribution in [2.75, 3.05) is 13.7 Å². The van der Waals surface area contributed by atoms with Crippen LogP contribution in [0.4, 0.5) is 0 Å². The predicted octanol–water partition coefficient (Wildman–Crippen LogP) is -0.0263. The number of H-pyrrole nitrogens is 1. The van der Waals surface area contributed by atoms with Gasteiger partial charge in [0.2, 0.25) is 0 Å². The quantitative estimate of drug-likeness (QED) is 0.384. The van der Waals surface area contributed by atoms with E-state index in [-0.39, 0.29) is 0 Å². The zero-order chi connectivity index (χ0) is 11.5. The molecule has 0 spiro atoms. The van der Waals surface area contributed by atoms with E-state index in [1.54, 1.807) is 0 Å². The molecule has 6 nitrogen and oxygen atoms in total. The third kappa shape index (κ3) is 2.30. The average Bonchev–Trinajstić information content (AvgIpc) is 2.57. The second kappa shape index (κ2) is 4.48. The van der Waals surface area contributed by atoms with Crippen LogP contribution in [0.25, 0.3) is 11.1 Å². The van der Waals surface area contributed by atoms with E-state index in [2.05, 4.69) is 10.4 Å². The normalized spacial score (nSPS) is 11.4. The molecular formula is C10H14N4O2. The largest absolute Gasteiger partial charge is 0.417 e. The lowest BCUT2D eigenvalue weighted by Gasteiger charge is -2.15. The Morgan fingerprint density at radius 3 is 3.12 bits per heavy atom. The predicted molar refractivity (Wildman–Crippen MR) is 60.5 cm³/mol. The molecule has 0 atom stereocenters. The number of rotatable bonds is 4. The van der Waals surface area contributed by atoms with E-state index in [4.69, 9.17) is 10.3 Å². The maximum atomic E-state index is 11.0. The van der Waals surface area contributed by atoms with Crippen molar-refractivity contribution in [3.8, 4) is 0 Å². The molecule has 1 heterocycles. The van der Waals surface area contributed by atoms with Crippen LogP contribution in [0.5, 0.6) is 0 Å². The number of hydrazine groups is 1. The molecule has 16 heavy (non-hydrogen) atoms. The van der Waals surface area contributed by atoms with E-state index in [9.17, 15) is 4.79 Å². The second-order valence-corrected chi connectivity index (χ2v) is 3.72. The van der Waals surface area contributed by atoms with Gasteiger partial charge < -0.3 is 4.42 Å². The minimum Gasteiger partial charge on any atom is -0.408 e. The van der Waals surface area contributed by atoms with Gasteiger partial charge in [-0.05, 0) is 24.7 Å². The molecule has 6 heteroatoms. The Hall–Kier alpha value is -1.63. The van der Waals surface area contributed by atoms with Crippen LogP contribution in [0, 0.1) is 0 Å².